The van der Waals surface area contributed by atoms with Crippen LogP contribution in [0.25, 0.3) is 0 Å². The van der Waals surface area contributed by atoms with Crippen molar-refractivity contribution in [1.29, 1.82) is 0 Å². The first-order valence-corrected chi connectivity index (χ1v) is 6.04. The zero-order chi connectivity index (χ0) is 14.5. The minimum Gasteiger partial charge on any atom is -0.493 e. The first-order valence-electron chi connectivity index (χ1n) is 6.04. The summed E-state index contributed by atoms with van der Waals surface area (Å²) in [4.78, 5) is 10.3. The molecule has 0 aliphatic heterocycles. The van der Waals surface area contributed by atoms with Crippen LogP contribution in [-0.4, -0.2) is 30.7 Å². The Hall–Kier alpha value is -1.82. The van der Waals surface area contributed by atoms with E-state index >= 15 is 0 Å². The van der Waals surface area contributed by atoms with Crippen LogP contribution >= 0.6 is 0 Å². The molecule has 6 heteroatoms. The summed E-state index contributed by atoms with van der Waals surface area (Å²) in [5.41, 5.74) is -0.00423. The van der Waals surface area contributed by atoms with Crippen LogP contribution in [0.1, 0.15) is 20.8 Å². The van der Waals surface area contributed by atoms with Gasteiger partial charge in [-0.25, -0.2) is 0 Å². The smallest absolute Gasteiger partial charge is 0.273 e. The number of nitro benzene ring substituents is 1. The van der Waals surface area contributed by atoms with Gasteiger partial charge in [-0.3, -0.25) is 10.1 Å². The molecule has 1 aromatic carbocycles. The van der Waals surface area contributed by atoms with E-state index in [1.54, 1.807) is 0 Å². The molecule has 0 saturated heterocycles. The SMILES string of the molecule is COc1ccc([N+](=O)[O-])cc1OCCNC(C)(C)C. The molecule has 0 heterocycles. The molecule has 0 saturated carbocycles. The summed E-state index contributed by atoms with van der Waals surface area (Å²) >= 11 is 0. The van der Waals surface area contributed by atoms with Crippen molar-refractivity contribution in [3.63, 3.8) is 0 Å². The number of ether oxygens (including phenoxy) is 2. The number of benzene rings is 1. The molecule has 1 N–H and O–H groups in total. The number of hydrogen-bond acceptors (Lipinski definition) is 5. The molecule has 0 amide bonds. The van der Waals surface area contributed by atoms with Crippen LogP contribution in [0.5, 0.6) is 11.5 Å². The van der Waals surface area contributed by atoms with E-state index < -0.39 is 4.92 Å². The number of hydrogen-bond donors (Lipinski definition) is 1. The molecule has 0 aliphatic carbocycles. The standard InChI is InChI=1S/C13H20N2O4/c1-13(2,3)14-7-8-19-12-9-10(15(16)17)5-6-11(12)18-4/h5-6,9,14H,7-8H2,1-4H3. The van der Waals surface area contributed by atoms with Gasteiger partial charge in [-0.05, 0) is 26.8 Å². The maximum Gasteiger partial charge on any atom is 0.273 e. The van der Waals surface area contributed by atoms with Crippen molar-refractivity contribution in [2.75, 3.05) is 20.3 Å². The molecule has 6 nitrogen and oxygen atoms in total. The van der Waals surface area contributed by atoms with E-state index in [1.807, 2.05) is 0 Å². The Morgan fingerprint density at radius 2 is 2.00 bits per heavy atom. The summed E-state index contributed by atoms with van der Waals surface area (Å²) in [5.74, 6) is 0.869. The van der Waals surface area contributed by atoms with Gasteiger partial charge in [0.1, 0.15) is 6.61 Å². The van der Waals surface area contributed by atoms with Gasteiger partial charge in [-0.1, -0.05) is 0 Å². The zero-order valence-electron chi connectivity index (χ0n) is 11.7. The highest BCUT2D eigenvalue weighted by molar-refractivity contribution is 5.48. The second-order valence-electron chi connectivity index (χ2n) is 5.12. The van der Waals surface area contributed by atoms with E-state index in [0.29, 0.717) is 24.7 Å². The molecule has 1 aromatic rings. The molecular weight excluding hydrogens is 248 g/mol. The fourth-order valence-electron chi connectivity index (χ4n) is 1.48. The van der Waals surface area contributed by atoms with Gasteiger partial charge in [0.2, 0.25) is 0 Å². The predicted octanol–water partition coefficient (Wildman–Crippen LogP) is 2.37. The number of nitro groups is 1. The second kappa shape index (κ2) is 6.38. The third-order valence-corrected chi connectivity index (χ3v) is 2.37. The third-order valence-electron chi connectivity index (χ3n) is 2.37. The van der Waals surface area contributed by atoms with Crippen LogP contribution in [0.2, 0.25) is 0 Å². The summed E-state index contributed by atoms with van der Waals surface area (Å²) in [6.07, 6.45) is 0. The number of rotatable bonds is 6. The summed E-state index contributed by atoms with van der Waals surface area (Å²) in [7, 11) is 1.50. The van der Waals surface area contributed by atoms with Crippen molar-refractivity contribution in [1.82, 2.24) is 5.32 Å². The molecule has 0 radical (unpaired) electrons. The molecule has 0 spiro atoms. The lowest BCUT2D eigenvalue weighted by atomic mass is 10.1. The summed E-state index contributed by atoms with van der Waals surface area (Å²) in [6, 6.07) is 4.29. The van der Waals surface area contributed by atoms with E-state index in [2.05, 4.69) is 26.1 Å². The second-order valence-corrected chi connectivity index (χ2v) is 5.12. The average molecular weight is 268 g/mol. The van der Waals surface area contributed by atoms with E-state index in [-0.39, 0.29) is 11.2 Å². The van der Waals surface area contributed by atoms with Crippen molar-refractivity contribution in [3.05, 3.63) is 28.3 Å². The van der Waals surface area contributed by atoms with Gasteiger partial charge < -0.3 is 14.8 Å². The van der Waals surface area contributed by atoms with Crippen molar-refractivity contribution >= 4 is 5.69 Å². The number of nitrogens with zero attached hydrogens (tertiary/aromatic N) is 1. The largest absolute Gasteiger partial charge is 0.493 e. The fraction of sp³-hybridized carbons (Fsp3) is 0.538. The molecule has 19 heavy (non-hydrogen) atoms. The Kier molecular flexibility index (Phi) is 5.11. The maximum atomic E-state index is 10.7. The molecule has 1 rings (SSSR count). The lowest BCUT2D eigenvalue weighted by molar-refractivity contribution is -0.385. The van der Waals surface area contributed by atoms with E-state index in [4.69, 9.17) is 9.47 Å². The van der Waals surface area contributed by atoms with E-state index in [1.165, 1.54) is 25.3 Å². The van der Waals surface area contributed by atoms with Crippen LogP contribution in [0, 0.1) is 10.1 Å². The van der Waals surface area contributed by atoms with Gasteiger partial charge in [-0.15, -0.1) is 0 Å². The summed E-state index contributed by atoms with van der Waals surface area (Å²) in [6.45, 7) is 7.23. The number of methoxy groups -OCH3 is 1. The third kappa shape index (κ3) is 5.13. The normalized spacial score (nSPS) is 11.2. The summed E-state index contributed by atoms with van der Waals surface area (Å²) in [5, 5.41) is 14.0. The summed E-state index contributed by atoms with van der Waals surface area (Å²) < 4.78 is 10.6. The zero-order valence-corrected chi connectivity index (χ0v) is 11.7. The first-order chi connectivity index (χ1) is 8.83. The van der Waals surface area contributed by atoms with Crippen molar-refractivity contribution in [3.8, 4) is 11.5 Å². The van der Waals surface area contributed by atoms with Gasteiger partial charge in [-0.2, -0.15) is 0 Å². The molecule has 0 atom stereocenters. The molecule has 0 fully saturated rings. The van der Waals surface area contributed by atoms with Gasteiger partial charge in [0, 0.05) is 18.2 Å². The van der Waals surface area contributed by atoms with Gasteiger partial charge in [0.05, 0.1) is 18.1 Å². The van der Waals surface area contributed by atoms with Gasteiger partial charge in [0.15, 0.2) is 11.5 Å². The minimum absolute atomic E-state index is 0.0101. The van der Waals surface area contributed by atoms with Crippen molar-refractivity contribution in [2.45, 2.75) is 26.3 Å². The molecule has 0 aliphatic rings. The quantitative estimate of drug-likeness (QED) is 0.487. The molecule has 0 bridgehead atoms. The topological polar surface area (TPSA) is 73.6 Å². The predicted molar refractivity (Wildman–Crippen MR) is 72.9 cm³/mol. The first kappa shape index (κ1) is 15.2. The maximum absolute atomic E-state index is 10.7. The Morgan fingerprint density at radius 3 is 2.53 bits per heavy atom. The van der Waals surface area contributed by atoms with Crippen LogP contribution < -0.4 is 14.8 Å². The minimum atomic E-state index is -0.459. The van der Waals surface area contributed by atoms with E-state index in [0.717, 1.165) is 0 Å². The van der Waals surface area contributed by atoms with Crippen LogP contribution in [0.3, 0.4) is 0 Å². The lowest BCUT2D eigenvalue weighted by Gasteiger charge is -2.20. The molecule has 0 aromatic heterocycles. The van der Waals surface area contributed by atoms with Crippen LogP contribution in [0.4, 0.5) is 5.69 Å². The van der Waals surface area contributed by atoms with Gasteiger partial charge in [0.25, 0.3) is 5.69 Å². The monoisotopic (exact) mass is 268 g/mol. The van der Waals surface area contributed by atoms with Crippen molar-refractivity contribution < 1.29 is 14.4 Å². The Balaban J connectivity index is 2.65. The Labute approximate surface area is 112 Å². The fourth-order valence-corrected chi connectivity index (χ4v) is 1.48. The van der Waals surface area contributed by atoms with E-state index in [9.17, 15) is 10.1 Å². The number of nitrogens with one attached hydrogen (secondary N) is 1. The van der Waals surface area contributed by atoms with Gasteiger partial charge >= 0.3 is 0 Å². The van der Waals surface area contributed by atoms with Crippen LogP contribution in [-0.2, 0) is 0 Å². The molecule has 106 valence electrons. The van der Waals surface area contributed by atoms with Crippen LogP contribution in [0.15, 0.2) is 18.2 Å². The number of non-ortho nitro benzene ring substituents is 1. The molecular formula is C13H20N2O4. The molecule has 0 unspecified atom stereocenters. The highest BCUT2D eigenvalue weighted by atomic mass is 16.6. The highest BCUT2D eigenvalue weighted by Gasteiger charge is 2.13. The lowest BCUT2D eigenvalue weighted by Crippen LogP contribution is -2.38. The highest BCUT2D eigenvalue weighted by Crippen LogP contribution is 2.30. The Morgan fingerprint density at radius 1 is 1.32 bits per heavy atom. The van der Waals surface area contributed by atoms with Crippen molar-refractivity contribution in [2.24, 2.45) is 0 Å². The Bertz CT molecular complexity index is 441. The average Bonchev–Trinajstić information content (AvgIpc) is 2.33.